The Morgan fingerprint density at radius 1 is 0.657 bits per heavy atom. The van der Waals surface area contributed by atoms with Crippen LogP contribution in [0.15, 0.2) is 24.3 Å². The van der Waals surface area contributed by atoms with Crippen molar-refractivity contribution in [2.75, 3.05) is 58.1 Å². The maximum absolute atomic E-state index is 11.3. The Kier molecular flexibility index (Phi) is 12.1. The zero-order valence-electron chi connectivity index (χ0n) is 18.8. The Bertz CT molecular complexity index is 861. The molecule has 0 radical (unpaired) electrons. The number of hydrogen-bond donors (Lipinski definition) is 1. The molecule has 14 heteroatoms. The highest BCUT2D eigenvalue weighted by atomic mass is 16.4. The second kappa shape index (κ2) is 14.5. The number of nitrogen functional groups attached to an aromatic ring is 1. The zero-order valence-corrected chi connectivity index (χ0v) is 18.8. The van der Waals surface area contributed by atoms with Crippen LogP contribution in [0.3, 0.4) is 0 Å². The fourth-order valence-corrected chi connectivity index (χ4v) is 3.46. The van der Waals surface area contributed by atoms with Gasteiger partial charge in [-0.2, -0.15) is 0 Å². The molecule has 1 aromatic carbocycles. The van der Waals surface area contributed by atoms with E-state index < -0.39 is 68.6 Å². The van der Waals surface area contributed by atoms with Crippen LogP contribution in [0.4, 0.5) is 5.69 Å². The number of benzene rings is 1. The number of carboxylic acids is 5. The van der Waals surface area contributed by atoms with Crippen LogP contribution >= 0.6 is 0 Å². The summed E-state index contributed by atoms with van der Waals surface area (Å²) in [5.74, 6) is -7.79. The van der Waals surface area contributed by atoms with Gasteiger partial charge in [-0.1, -0.05) is 12.1 Å². The van der Waals surface area contributed by atoms with Crippen molar-refractivity contribution < 1.29 is 49.5 Å². The van der Waals surface area contributed by atoms with E-state index in [9.17, 15) is 49.5 Å². The first-order valence-corrected chi connectivity index (χ1v) is 10.4. The summed E-state index contributed by atoms with van der Waals surface area (Å²) in [5.41, 5.74) is 6.75. The lowest BCUT2D eigenvalue weighted by Crippen LogP contribution is -2.55. The predicted molar refractivity (Wildman–Crippen MR) is 108 cm³/mol. The Labute approximate surface area is 200 Å². The zero-order chi connectivity index (χ0) is 26.5. The predicted octanol–water partition coefficient (Wildman–Crippen LogP) is -8.16. The van der Waals surface area contributed by atoms with Crippen molar-refractivity contribution in [3.05, 3.63) is 29.8 Å². The lowest BCUT2D eigenvalue weighted by atomic mass is 10.0. The van der Waals surface area contributed by atoms with Gasteiger partial charge in [-0.15, -0.1) is 0 Å². The Morgan fingerprint density at radius 3 is 1.49 bits per heavy atom. The Morgan fingerprint density at radius 2 is 1.06 bits per heavy atom. The van der Waals surface area contributed by atoms with Gasteiger partial charge in [-0.3, -0.25) is 14.7 Å². The molecule has 0 saturated carbocycles. The minimum Gasteiger partial charge on any atom is -0.549 e. The maximum Gasteiger partial charge on any atom is 0.0555 e. The molecule has 0 aromatic heterocycles. The summed E-state index contributed by atoms with van der Waals surface area (Å²) in [6.45, 7) is -4.42. The normalized spacial score (nSPS) is 12.1. The summed E-state index contributed by atoms with van der Waals surface area (Å²) < 4.78 is 0. The topological polar surface area (TPSA) is 236 Å². The van der Waals surface area contributed by atoms with Gasteiger partial charge in [0.2, 0.25) is 0 Å². The SMILES string of the molecule is Nc1ccc(CC(CN(CCN(CC(=O)[O-])CC(=O)[O-])CC(=O)[O-])N(CC(=O)[O-])CC(=O)[O-])cc1. The summed E-state index contributed by atoms with van der Waals surface area (Å²) in [4.78, 5) is 58.8. The molecular formula is C21H25N4O10-5. The first-order chi connectivity index (χ1) is 16.3. The van der Waals surface area contributed by atoms with Gasteiger partial charge in [0.05, 0.1) is 29.8 Å². The average molecular weight is 493 g/mol. The monoisotopic (exact) mass is 493 g/mol. The maximum atomic E-state index is 11.3. The molecule has 0 bridgehead atoms. The van der Waals surface area contributed by atoms with Gasteiger partial charge < -0.3 is 55.2 Å². The summed E-state index contributed by atoms with van der Waals surface area (Å²) in [7, 11) is 0. The van der Waals surface area contributed by atoms with Crippen LogP contribution in [0.5, 0.6) is 0 Å². The number of rotatable bonds is 18. The van der Waals surface area contributed by atoms with E-state index in [1.54, 1.807) is 24.3 Å². The first kappa shape index (κ1) is 29.3. The van der Waals surface area contributed by atoms with Crippen LogP contribution in [0, 0.1) is 0 Å². The molecule has 0 heterocycles. The molecule has 194 valence electrons. The van der Waals surface area contributed by atoms with E-state index in [-0.39, 0.29) is 26.1 Å². The number of nitrogens with zero attached hydrogens (tertiary/aromatic N) is 3. The van der Waals surface area contributed by atoms with E-state index >= 15 is 0 Å². The molecule has 0 amide bonds. The van der Waals surface area contributed by atoms with Crippen molar-refractivity contribution in [2.45, 2.75) is 12.5 Å². The summed E-state index contributed by atoms with van der Waals surface area (Å²) in [6.07, 6.45) is 0.0756. The fourth-order valence-electron chi connectivity index (χ4n) is 3.46. The second-order valence-corrected chi connectivity index (χ2v) is 7.81. The first-order valence-electron chi connectivity index (χ1n) is 10.4. The van der Waals surface area contributed by atoms with Crippen molar-refractivity contribution >= 4 is 35.5 Å². The van der Waals surface area contributed by atoms with E-state index in [2.05, 4.69) is 0 Å². The van der Waals surface area contributed by atoms with Gasteiger partial charge in [0.1, 0.15) is 0 Å². The lowest BCUT2D eigenvalue weighted by molar-refractivity contribution is -0.313. The van der Waals surface area contributed by atoms with Crippen LogP contribution < -0.4 is 31.3 Å². The average Bonchev–Trinajstić information content (AvgIpc) is 2.70. The second-order valence-electron chi connectivity index (χ2n) is 7.81. The highest BCUT2D eigenvalue weighted by Crippen LogP contribution is 2.13. The third-order valence-corrected chi connectivity index (χ3v) is 4.89. The smallest absolute Gasteiger partial charge is 0.0555 e. The molecule has 35 heavy (non-hydrogen) atoms. The minimum atomic E-state index is -1.57. The van der Waals surface area contributed by atoms with Gasteiger partial charge >= 0.3 is 0 Å². The molecule has 0 spiro atoms. The number of aliphatic carboxylic acids is 5. The van der Waals surface area contributed by atoms with E-state index in [1.807, 2.05) is 0 Å². The van der Waals surface area contributed by atoms with Gasteiger partial charge in [0.15, 0.2) is 0 Å². The third kappa shape index (κ3) is 12.9. The minimum absolute atomic E-state index is 0.0756. The molecule has 0 aliphatic heterocycles. The number of carboxylic acid groups (broad SMARTS) is 5. The third-order valence-electron chi connectivity index (χ3n) is 4.89. The number of carbonyl (C=O) groups is 5. The largest absolute Gasteiger partial charge is 0.549 e. The number of anilines is 1. The molecule has 14 nitrogen and oxygen atoms in total. The molecule has 1 unspecified atom stereocenters. The van der Waals surface area contributed by atoms with Gasteiger partial charge in [-0.05, 0) is 24.1 Å². The van der Waals surface area contributed by atoms with Crippen LogP contribution in [-0.4, -0.2) is 103 Å². The number of carbonyl (C=O) groups excluding carboxylic acids is 5. The van der Waals surface area contributed by atoms with Crippen LogP contribution in [0.2, 0.25) is 0 Å². The van der Waals surface area contributed by atoms with Crippen molar-refractivity contribution in [1.82, 2.24) is 14.7 Å². The number of nitrogens with two attached hydrogens (primary N) is 1. The van der Waals surface area contributed by atoms with Crippen LogP contribution in [0.1, 0.15) is 5.56 Å². The van der Waals surface area contributed by atoms with E-state index in [1.165, 1.54) is 4.90 Å². The van der Waals surface area contributed by atoms with Crippen molar-refractivity contribution in [3.63, 3.8) is 0 Å². The molecular weight excluding hydrogens is 468 g/mol. The van der Waals surface area contributed by atoms with Crippen molar-refractivity contribution in [1.29, 1.82) is 0 Å². The van der Waals surface area contributed by atoms with Crippen LogP contribution in [-0.2, 0) is 30.4 Å². The summed E-state index contributed by atoms with van der Waals surface area (Å²) >= 11 is 0. The van der Waals surface area contributed by atoms with E-state index in [0.717, 1.165) is 9.80 Å². The summed E-state index contributed by atoms with van der Waals surface area (Å²) in [6, 6.07) is 5.52. The molecule has 0 saturated heterocycles. The fraction of sp³-hybridized carbons (Fsp3) is 0.476. The molecule has 0 aliphatic carbocycles. The molecule has 1 aromatic rings. The summed E-state index contributed by atoms with van der Waals surface area (Å²) in [5, 5.41) is 55.6. The van der Waals surface area contributed by atoms with Crippen molar-refractivity contribution in [3.8, 4) is 0 Å². The Hall–Kier alpha value is -3.75. The number of hydrogen-bond acceptors (Lipinski definition) is 14. The Balaban J connectivity index is 3.17. The quantitative estimate of drug-likeness (QED) is 0.187. The van der Waals surface area contributed by atoms with Gasteiger partial charge in [0, 0.05) is 64.1 Å². The lowest BCUT2D eigenvalue weighted by Gasteiger charge is -2.37. The molecule has 1 rings (SSSR count). The highest BCUT2D eigenvalue weighted by Gasteiger charge is 2.23. The van der Waals surface area contributed by atoms with E-state index in [0.29, 0.717) is 11.3 Å². The molecule has 1 atom stereocenters. The highest BCUT2D eigenvalue weighted by molar-refractivity contribution is 5.71. The van der Waals surface area contributed by atoms with Gasteiger partial charge in [-0.25, -0.2) is 0 Å². The van der Waals surface area contributed by atoms with E-state index in [4.69, 9.17) is 5.73 Å². The van der Waals surface area contributed by atoms with Crippen LogP contribution in [0.25, 0.3) is 0 Å². The molecule has 2 N–H and O–H groups in total. The van der Waals surface area contributed by atoms with Gasteiger partial charge in [0.25, 0.3) is 0 Å². The molecule has 0 fully saturated rings. The van der Waals surface area contributed by atoms with Crippen molar-refractivity contribution in [2.24, 2.45) is 0 Å². The standard InChI is InChI=1S/C21H30N4O10/c22-15-3-1-14(2-4-15)7-16(25(12-20(32)33)13-21(34)35)8-23(9-17(26)27)5-6-24(10-18(28)29)11-19(30)31/h1-4,16H,5-13,22H2,(H,26,27)(H,28,29)(H,30,31)(H,32,33)(H,34,35)/p-5. The molecule has 0 aliphatic rings.